The number of hydrogen-bond acceptors (Lipinski definition) is 6. The third-order valence-corrected chi connectivity index (χ3v) is 5.74. The lowest BCUT2D eigenvalue weighted by molar-refractivity contribution is -0.384. The highest BCUT2D eigenvalue weighted by molar-refractivity contribution is 9.10. The highest BCUT2D eigenvalue weighted by Gasteiger charge is 2.37. The Morgan fingerprint density at radius 1 is 1.03 bits per heavy atom. The van der Waals surface area contributed by atoms with Crippen LogP contribution in [0.5, 0.6) is 5.75 Å². The van der Waals surface area contributed by atoms with E-state index in [-0.39, 0.29) is 23.6 Å². The molecule has 0 aromatic heterocycles. The van der Waals surface area contributed by atoms with Crippen molar-refractivity contribution in [1.82, 2.24) is 5.32 Å². The number of carbonyl (C=O) groups excluding carboxylic acids is 3. The number of ether oxygens (including phenoxy) is 1. The SMILES string of the molecule is O=C1NC(=O)N(c2ccc(Cl)cc2)C(=O)/C1=C/c1cc(Br)ccc1OCc1ccc([N+](=O)[O-])cc1. The van der Waals surface area contributed by atoms with Gasteiger partial charge in [-0.1, -0.05) is 27.5 Å². The molecule has 0 radical (unpaired) electrons. The summed E-state index contributed by atoms with van der Waals surface area (Å²) in [7, 11) is 0. The Bertz CT molecular complexity index is 1370. The minimum atomic E-state index is -0.872. The van der Waals surface area contributed by atoms with Crippen molar-refractivity contribution in [2.45, 2.75) is 6.61 Å². The molecular formula is C24H15BrClN3O6. The Balaban J connectivity index is 1.63. The van der Waals surface area contributed by atoms with Crippen molar-refractivity contribution in [3.05, 3.63) is 103 Å². The molecule has 4 amide bonds. The molecule has 1 aliphatic rings. The maximum Gasteiger partial charge on any atom is 0.335 e. The number of rotatable bonds is 6. The topological polar surface area (TPSA) is 119 Å². The predicted molar refractivity (Wildman–Crippen MR) is 132 cm³/mol. The van der Waals surface area contributed by atoms with Crippen LogP contribution in [0, 0.1) is 10.1 Å². The van der Waals surface area contributed by atoms with Gasteiger partial charge in [0.2, 0.25) is 0 Å². The van der Waals surface area contributed by atoms with Gasteiger partial charge in [-0.3, -0.25) is 25.0 Å². The molecular weight excluding hydrogens is 542 g/mol. The molecule has 1 saturated heterocycles. The molecule has 4 rings (SSSR count). The smallest absolute Gasteiger partial charge is 0.335 e. The Morgan fingerprint density at radius 3 is 2.37 bits per heavy atom. The van der Waals surface area contributed by atoms with Gasteiger partial charge in [-0.05, 0) is 66.2 Å². The lowest BCUT2D eigenvalue weighted by Gasteiger charge is -2.26. The van der Waals surface area contributed by atoms with Crippen LogP contribution in [0.4, 0.5) is 16.2 Å². The van der Waals surface area contributed by atoms with Crippen LogP contribution >= 0.6 is 27.5 Å². The normalized spacial score (nSPS) is 14.7. The standard InChI is InChI=1S/C24H15BrClN3O6/c25-16-3-10-21(35-13-14-1-6-19(7-2-14)29(33)34)15(11-16)12-20-22(30)27-24(32)28(23(20)31)18-8-4-17(26)5-9-18/h1-12H,13H2,(H,27,30,32)/b20-12+. The highest BCUT2D eigenvalue weighted by Crippen LogP contribution is 2.29. The molecule has 1 heterocycles. The van der Waals surface area contributed by atoms with Gasteiger partial charge in [0, 0.05) is 27.2 Å². The molecule has 0 spiro atoms. The van der Waals surface area contributed by atoms with E-state index in [1.165, 1.54) is 42.5 Å². The van der Waals surface area contributed by atoms with Gasteiger partial charge in [0.1, 0.15) is 17.9 Å². The number of anilines is 1. The van der Waals surface area contributed by atoms with Crippen LogP contribution in [0.15, 0.2) is 76.8 Å². The first-order valence-electron chi connectivity index (χ1n) is 10.1. The summed E-state index contributed by atoms with van der Waals surface area (Å²) in [5.41, 5.74) is 1.04. The minimum Gasteiger partial charge on any atom is -0.488 e. The van der Waals surface area contributed by atoms with Crippen molar-refractivity contribution < 1.29 is 24.0 Å². The van der Waals surface area contributed by atoms with E-state index in [2.05, 4.69) is 21.2 Å². The number of nitrogens with zero attached hydrogens (tertiary/aromatic N) is 2. The fraction of sp³-hybridized carbons (Fsp3) is 0.0417. The number of nitro benzene ring substituents is 1. The first-order valence-corrected chi connectivity index (χ1v) is 11.2. The number of amides is 4. The van der Waals surface area contributed by atoms with Crippen LogP contribution in [0.3, 0.4) is 0 Å². The number of benzene rings is 3. The molecule has 1 aliphatic heterocycles. The summed E-state index contributed by atoms with van der Waals surface area (Å²) in [5.74, 6) is -1.29. The van der Waals surface area contributed by atoms with Crippen molar-refractivity contribution >= 4 is 62.8 Å². The second kappa shape index (κ2) is 10.1. The second-order valence-corrected chi connectivity index (χ2v) is 8.68. The third-order valence-electron chi connectivity index (χ3n) is 5.00. The van der Waals surface area contributed by atoms with E-state index in [9.17, 15) is 24.5 Å². The third kappa shape index (κ3) is 5.39. The van der Waals surface area contributed by atoms with Crippen LogP contribution in [-0.2, 0) is 16.2 Å². The zero-order chi connectivity index (χ0) is 25.1. The largest absolute Gasteiger partial charge is 0.488 e. The summed E-state index contributed by atoms with van der Waals surface area (Å²) >= 11 is 9.26. The summed E-state index contributed by atoms with van der Waals surface area (Å²) in [6.07, 6.45) is 1.34. The number of nitrogens with one attached hydrogen (secondary N) is 1. The Morgan fingerprint density at radius 2 is 1.71 bits per heavy atom. The molecule has 0 atom stereocenters. The summed E-state index contributed by atoms with van der Waals surface area (Å²) < 4.78 is 6.53. The van der Waals surface area contributed by atoms with E-state index in [4.69, 9.17) is 16.3 Å². The summed E-state index contributed by atoms with van der Waals surface area (Å²) in [5, 5.41) is 13.4. The van der Waals surface area contributed by atoms with Crippen molar-refractivity contribution in [3.63, 3.8) is 0 Å². The Hall–Kier alpha value is -4.02. The van der Waals surface area contributed by atoms with Gasteiger partial charge in [0.25, 0.3) is 17.5 Å². The molecule has 9 nitrogen and oxygen atoms in total. The van der Waals surface area contributed by atoms with Gasteiger partial charge in [-0.25, -0.2) is 9.69 Å². The predicted octanol–water partition coefficient (Wildman–Crippen LogP) is 5.26. The Labute approximate surface area is 212 Å². The molecule has 1 fully saturated rings. The van der Waals surface area contributed by atoms with E-state index in [1.807, 2.05) is 0 Å². The first-order chi connectivity index (χ1) is 16.7. The number of hydrogen-bond donors (Lipinski definition) is 1. The quantitative estimate of drug-likeness (QED) is 0.192. The molecule has 11 heteroatoms. The lowest BCUT2D eigenvalue weighted by Crippen LogP contribution is -2.54. The van der Waals surface area contributed by atoms with Gasteiger partial charge in [-0.15, -0.1) is 0 Å². The minimum absolute atomic E-state index is 0.0376. The number of halogens is 2. The number of barbiturate groups is 1. The zero-order valence-electron chi connectivity index (χ0n) is 17.7. The maximum atomic E-state index is 13.1. The molecule has 0 aliphatic carbocycles. The van der Waals surface area contributed by atoms with E-state index >= 15 is 0 Å². The second-order valence-electron chi connectivity index (χ2n) is 7.33. The van der Waals surface area contributed by atoms with Crippen LogP contribution in [-0.4, -0.2) is 22.8 Å². The van der Waals surface area contributed by atoms with E-state index in [1.54, 1.807) is 30.3 Å². The molecule has 0 saturated carbocycles. The van der Waals surface area contributed by atoms with Crippen LogP contribution in [0.25, 0.3) is 6.08 Å². The van der Waals surface area contributed by atoms with Crippen LogP contribution in [0.1, 0.15) is 11.1 Å². The number of imide groups is 2. The van der Waals surface area contributed by atoms with Crippen molar-refractivity contribution in [3.8, 4) is 5.75 Å². The summed E-state index contributed by atoms with van der Waals surface area (Å²) in [6.45, 7) is 0.0886. The van der Waals surface area contributed by atoms with Gasteiger partial charge in [-0.2, -0.15) is 0 Å². The van der Waals surface area contributed by atoms with Gasteiger partial charge < -0.3 is 4.74 Å². The molecule has 35 heavy (non-hydrogen) atoms. The number of carbonyl (C=O) groups is 3. The molecule has 0 unspecified atom stereocenters. The van der Waals surface area contributed by atoms with Gasteiger partial charge in [0.05, 0.1) is 10.6 Å². The lowest BCUT2D eigenvalue weighted by atomic mass is 10.1. The van der Waals surface area contributed by atoms with Gasteiger partial charge in [0.15, 0.2) is 0 Å². The number of nitro groups is 1. The van der Waals surface area contributed by atoms with E-state index < -0.39 is 22.8 Å². The van der Waals surface area contributed by atoms with Crippen molar-refractivity contribution in [2.75, 3.05) is 4.90 Å². The van der Waals surface area contributed by atoms with Crippen molar-refractivity contribution in [1.29, 1.82) is 0 Å². The summed E-state index contributed by atoms with van der Waals surface area (Å²) in [6, 6.07) is 16.1. The molecule has 1 N–H and O–H groups in total. The fourth-order valence-electron chi connectivity index (χ4n) is 3.28. The number of non-ortho nitro benzene ring substituents is 1. The van der Waals surface area contributed by atoms with E-state index in [0.29, 0.717) is 26.4 Å². The molecule has 3 aromatic rings. The van der Waals surface area contributed by atoms with Gasteiger partial charge >= 0.3 is 6.03 Å². The first kappa shape index (κ1) is 24.1. The molecule has 0 bridgehead atoms. The average Bonchev–Trinajstić information content (AvgIpc) is 2.82. The monoisotopic (exact) mass is 555 g/mol. The highest BCUT2D eigenvalue weighted by atomic mass is 79.9. The zero-order valence-corrected chi connectivity index (χ0v) is 20.1. The van der Waals surface area contributed by atoms with Crippen molar-refractivity contribution in [2.24, 2.45) is 0 Å². The fourth-order valence-corrected chi connectivity index (χ4v) is 3.78. The van der Waals surface area contributed by atoms with Crippen LogP contribution in [0.2, 0.25) is 5.02 Å². The summed E-state index contributed by atoms with van der Waals surface area (Å²) in [4.78, 5) is 49.2. The molecule has 176 valence electrons. The number of urea groups is 1. The average molecular weight is 557 g/mol. The van der Waals surface area contributed by atoms with Crippen LogP contribution < -0.4 is 15.0 Å². The maximum absolute atomic E-state index is 13.1. The van der Waals surface area contributed by atoms with E-state index in [0.717, 1.165) is 4.90 Å². The molecule has 3 aromatic carbocycles. The Kier molecular flexibility index (Phi) is 6.94.